The van der Waals surface area contributed by atoms with Gasteiger partial charge in [-0.2, -0.15) is 0 Å². The fourth-order valence-corrected chi connectivity index (χ4v) is 3.51. The summed E-state index contributed by atoms with van der Waals surface area (Å²) in [5.74, 6) is 0.384. The van der Waals surface area contributed by atoms with Gasteiger partial charge in [0.25, 0.3) is 11.8 Å². The number of hydrogen-bond acceptors (Lipinski definition) is 4. The molecule has 2 aromatic rings. The van der Waals surface area contributed by atoms with Crippen LogP contribution < -0.4 is 10.1 Å². The Hall–Kier alpha value is -2.86. The lowest BCUT2D eigenvalue weighted by molar-refractivity contribution is 0.0724. The lowest BCUT2D eigenvalue weighted by Gasteiger charge is -2.26. The van der Waals surface area contributed by atoms with Gasteiger partial charge < -0.3 is 19.7 Å². The highest BCUT2D eigenvalue weighted by molar-refractivity contribution is 5.97. The minimum atomic E-state index is -0.213. The first-order chi connectivity index (χ1) is 14.7. The van der Waals surface area contributed by atoms with E-state index in [1.54, 1.807) is 12.1 Å². The van der Waals surface area contributed by atoms with Crippen LogP contribution in [-0.4, -0.2) is 49.6 Å². The van der Waals surface area contributed by atoms with Gasteiger partial charge in [-0.05, 0) is 56.0 Å². The van der Waals surface area contributed by atoms with Crippen LogP contribution in [0.3, 0.4) is 0 Å². The van der Waals surface area contributed by atoms with Crippen molar-refractivity contribution in [3.63, 3.8) is 0 Å². The van der Waals surface area contributed by atoms with Crippen molar-refractivity contribution in [1.29, 1.82) is 0 Å². The summed E-state index contributed by atoms with van der Waals surface area (Å²) in [5.41, 5.74) is 2.04. The molecular formula is C24H30N2O4. The van der Waals surface area contributed by atoms with E-state index in [9.17, 15) is 9.59 Å². The van der Waals surface area contributed by atoms with Crippen LogP contribution in [0.5, 0.6) is 5.75 Å². The number of para-hydroxylation sites is 1. The molecule has 0 aliphatic carbocycles. The number of rotatable bonds is 9. The fraction of sp³-hybridized carbons (Fsp3) is 0.417. The number of hydrogen-bond donors (Lipinski definition) is 1. The van der Waals surface area contributed by atoms with Gasteiger partial charge in [-0.3, -0.25) is 9.59 Å². The molecule has 6 heteroatoms. The maximum atomic E-state index is 12.7. The maximum absolute atomic E-state index is 12.7. The summed E-state index contributed by atoms with van der Waals surface area (Å²) in [6.45, 7) is 5.40. The summed E-state index contributed by atoms with van der Waals surface area (Å²) >= 11 is 0. The van der Waals surface area contributed by atoms with Crippen LogP contribution in [0.4, 0.5) is 0 Å². The third-order valence-corrected chi connectivity index (χ3v) is 5.09. The Balaban J connectivity index is 1.59. The van der Waals surface area contributed by atoms with Crippen molar-refractivity contribution in [3.05, 3.63) is 65.2 Å². The molecule has 1 aliphatic heterocycles. The first-order valence-corrected chi connectivity index (χ1v) is 10.6. The average Bonchev–Trinajstić information content (AvgIpc) is 2.81. The second kappa shape index (κ2) is 11.4. The number of nitrogens with one attached hydrogen (secondary N) is 1. The molecule has 0 spiro atoms. The monoisotopic (exact) mass is 410 g/mol. The molecule has 1 saturated heterocycles. The van der Waals surface area contributed by atoms with Crippen LogP contribution in [-0.2, 0) is 11.3 Å². The molecule has 2 amide bonds. The molecule has 0 aromatic heterocycles. The van der Waals surface area contributed by atoms with Crippen LogP contribution in [0.15, 0.2) is 48.5 Å². The zero-order valence-corrected chi connectivity index (χ0v) is 17.6. The summed E-state index contributed by atoms with van der Waals surface area (Å²) in [6.07, 6.45) is 3.31. The number of benzene rings is 2. The summed E-state index contributed by atoms with van der Waals surface area (Å²) in [7, 11) is 0. The molecule has 0 unspecified atom stereocenters. The number of carbonyl (C=O) groups is 2. The lowest BCUT2D eigenvalue weighted by atomic mass is 10.1. The molecule has 0 saturated carbocycles. The standard InChI is InChI=1S/C24H30N2O4/c1-2-29-15-16-30-22-12-5-4-11-21(22)23(27)25-18-19-9-8-10-20(17-19)24(28)26-13-6-3-7-14-26/h4-5,8-12,17H,2-3,6-7,13-16,18H2,1H3,(H,25,27). The van der Waals surface area contributed by atoms with Crippen LogP contribution >= 0.6 is 0 Å². The van der Waals surface area contributed by atoms with Crippen LogP contribution in [0.1, 0.15) is 52.5 Å². The topological polar surface area (TPSA) is 67.9 Å². The largest absolute Gasteiger partial charge is 0.490 e. The SMILES string of the molecule is CCOCCOc1ccccc1C(=O)NCc1cccc(C(=O)N2CCCCC2)c1. The molecular weight excluding hydrogens is 380 g/mol. The van der Waals surface area contributed by atoms with Gasteiger partial charge in [0, 0.05) is 31.8 Å². The quantitative estimate of drug-likeness (QED) is 0.641. The third kappa shape index (κ3) is 6.07. The zero-order valence-electron chi connectivity index (χ0n) is 17.6. The van der Waals surface area contributed by atoms with E-state index in [4.69, 9.17) is 9.47 Å². The molecule has 1 fully saturated rings. The second-order valence-electron chi connectivity index (χ2n) is 7.28. The number of piperidine rings is 1. The number of nitrogens with zero attached hydrogens (tertiary/aromatic N) is 1. The third-order valence-electron chi connectivity index (χ3n) is 5.09. The number of amides is 2. The molecule has 1 heterocycles. The van der Waals surface area contributed by atoms with Gasteiger partial charge in [-0.25, -0.2) is 0 Å². The van der Waals surface area contributed by atoms with Gasteiger partial charge in [0.05, 0.1) is 12.2 Å². The van der Waals surface area contributed by atoms with Gasteiger partial charge in [0.15, 0.2) is 0 Å². The predicted molar refractivity (Wildman–Crippen MR) is 116 cm³/mol. The van der Waals surface area contributed by atoms with Gasteiger partial charge in [0.1, 0.15) is 12.4 Å². The van der Waals surface area contributed by atoms with Crippen molar-refractivity contribution in [1.82, 2.24) is 10.2 Å². The van der Waals surface area contributed by atoms with E-state index in [2.05, 4.69) is 5.32 Å². The summed E-state index contributed by atoms with van der Waals surface area (Å²) in [4.78, 5) is 27.3. The fourth-order valence-electron chi connectivity index (χ4n) is 3.51. The number of likely N-dealkylation sites (tertiary alicyclic amines) is 1. The molecule has 0 atom stereocenters. The van der Waals surface area contributed by atoms with Crippen molar-refractivity contribution in [3.8, 4) is 5.75 Å². The van der Waals surface area contributed by atoms with Gasteiger partial charge in [0.2, 0.25) is 0 Å². The molecule has 160 valence electrons. The molecule has 1 N–H and O–H groups in total. The maximum Gasteiger partial charge on any atom is 0.255 e. The second-order valence-corrected chi connectivity index (χ2v) is 7.28. The minimum absolute atomic E-state index is 0.0657. The molecule has 2 aromatic carbocycles. The van der Waals surface area contributed by atoms with Gasteiger partial charge in [-0.1, -0.05) is 24.3 Å². The van der Waals surface area contributed by atoms with Crippen LogP contribution in [0.2, 0.25) is 0 Å². The van der Waals surface area contributed by atoms with E-state index in [1.165, 1.54) is 6.42 Å². The lowest BCUT2D eigenvalue weighted by Crippen LogP contribution is -2.35. The highest BCUT2D eigenvalue weighted by Gasteiger charge is 2.18. The first kappa shape index (κ1) is 21.8. The molecule has 30 heavy (non-hydrogen) atoms. The predicted octanol–water partition coefficient (Wildman–Crippen LogP) is 3.66. The molecule has 0 bridgehead atoms. The van der Waals surface area contributed by atoms with Crippen molar-refractivity contribution in [2.75, 3.05) is 32.9 Å². The Kier molecular flexibility index (Phi) is 8.27. The minimum Gasteiger partial charge on any atom is -0.490 e. The molecule has 0 radical (unpaired) electrons. The Morgan fingerprint density at radius 1 is 1.00 bits per heavy atom. The normalized spacial score (nSPS) is 13.7. The van der Waals surface area contributed by atoms with E-state index in [-0.39, 0.29) is 11.8 Å². The smallest absolute Gasteiger partial charge is 0.255 e. The molecule has 3 rings (SSSR count). The van der Waals surface area contributed by atoms with Gasteiger partial charge >= 0.3 is 0 Å². The summed E-state index contributed by atoms with van der Waals surface area (Å²) in [5, 5.41) is 2.93. The first-order valence-electron chi connectivity index (χ1n) is 10.6. The Morgan fingerprint density at radius 3 is 2.60 bits per heavy atom. The van der Waals surface area contributed by atoms with Crippen LogP contribution in [0, 0.1) is 0 Å². The average molecular weight is 411 g/mol. The molecule has 1 aliphatic rings. The number of carbonyl (C=O) groups excluding carboxylic acids is 2. The van der Waals surface area contributed by atoms with Crippen molar-refractivity contribution >= 4 is 11.8 Å². The van der Waals surface area contributed by atoms with Crippen molar-refractivity contribution < 1.29 is 19.1 Å². The van der Waals surface area contributed by atoms with E-state index >= 15 is 0 Å². The van der Waals surface area contributed by atoms with E-state index in [0.29, 0.717) is 43.2 Å². The molecule has 6 nitrogen and oxygen atoms in total. The summed E-state index contributed by atoms with van der Waals surface area (Å²) in [6, 6.07) is 14.6. The van der Waals surface area contributed by atoms with E-state index in [0.717, 1.165) is 31.5 Å². The van der Waals surface area contributed by atoms with Crippen LogP contribution in [0.25, 0.3) is 0 Å². The Bertz CT molecular complexity index is 847. The highest BCUT2D eigenvalue weighted by atomic mass is 16.5. The Morgan fingerprint density at radius 2 is 1.80 bits per heavy atom. The zero-order chi connectivity index (χ0) is 21.2. The summed E-state index contributed by atoms with van der Waals surface area (Å²) < 4.78 is 11.0. The van der Waals surface area contributed by atoms with E-state index in [1.807, 2.05) is 48.2 Å². The Labute approximate surface area is 178 Å². The highest BCUT2D eigenvalue weighted by Crippen LogP contribution is 2.18. The van der Waals surface area contributed by atoms with E-state index < -0.39 is 0 Å². The van der Waals surface area contributed by atoms with Gasteiger partial charge in [-0.15, -0.1) is 0 Å². The van der Waals surface area contributed by atoms with Crippen molar-refractivity contribution in [2.24, 2.45) is 0 Å². The van der Waals surface area contributed by atoms with Crippen molar-refractivity contribution in [2.45, 2.75) is 32.7 Å². The number of ether oxygens (including phenoxy) is 2.